The molecule has 0 aliphatic heterocycles. The Kier molecular flexibility index (Phi) is 2.54. The van der Waals surface area contributed by atoms with Crippen molar-refractivity contribution in [2.75, 3.05) is 5.32 Å². The number of fused-ring (bicyclic) bond motifs is 1. The van der Waals surface area contributed by atoms with Crippen molar-refractivity contribution in [1.82, 2.24) is 4.98 Å². The molecular formula is C12H10Cl2N2O2. The minimum atomic E-state index is -0.904. The minimum absolute atomic E-state index is 0.167. The zero-order chi connectivity index (χ0) is 12.9. The second-order valence-electron chi connectivity index (χ2n) is 4.42. The van der Waals surface area contributed by atoms with Crippen molar-refractivity contribution in [3.63, 3.8) is 0 Å². The van der Waals surface area contributed by atoms with Gasteiger partial charge in [0.15, 0.2) is 11.5 Å². The van der Waals surface area contributed by atoms with Crippen molar-refractivity contribution in [3.05, 3.63) is 24.1 Å². The maximum Gasteiger partial charge on any atom is 0.230 e. The van der Waals surface area contributed by atoms with Crippen molar-refractivity contribution in [2.24, 2.45) is 5.92 Å². The van der Waals surface area contributed by atoms with Crippen LogP contribution in [0.1, 0.15) is 12.3 Å². The van der Waals surface area contributed by atoms with Gasteiger partial charge >= 0.3 is 0 Å². The molecule has 1 aromatic carbocycles. The molecule has 1 aromatic heterocycles. The zero-order valence-electron chi connectivity index (χ0n) is 9.54. The van der Waals surface area contributed by atoms with E-state index >= 15 is 0 Å². The molecular weight excluding hydrogens is 275 g/mol. The number of benzene rings is 1. The number of oxazole rings is 1. The third kappa shape index (κ3) is 2.06. The second kappa shape index (κ2) is 3.87. The van der Waals surface area contributed by atoms with Gasteiger partial charge in [0.25, 0.3) is 0 Å². The third-order valence-electron chi connectivity index (χ3n) is 2.90. The highest BCUT2D eigenvalue weighted by atomic mass is 35.5. The molecule has 0 radical (unpaired) electrons. The Labute approximate surface area is 113 Å². The number of aromatic nitrogens is 1. The molecule has 1 aliphatic rings. The van der Waals surface area contributed by atoms with E-state index in [9.17, 15) is 4.79 Å². The lowest BCUT2D eigenvalue weighted by Crippen LogP contribution is -2.16. The summed E-state index contributed by atoms with van der Waals surface area (Å²) in [6.45, 7) is 1.78. The topological polar surface area (TPSA) is 55.1 Å². The molecule has 0 saturated heterocycles. The van der Waals surface area contributed by atoms with Gasteiger partial charge in [-0.25, -0.2) is 4.98 Å². The number of halogens is 2. The van der Waals surface area contributed by atoms with Crippen LogP contribution in [0.2, 0.25) is 0 Å². The Morgan fingerprint density at radius 1 is 1.56 bits per heavy atom. The van der Waals surface area contributed by atoms with Gasteiger partial charge in [0.05, 0.1) is 5.92 Å². The number of amides is 1. The molecule has 1 fully saturated rings. The Hall–Kier alpha value is -1.26. The van der Waals surface area contributed by atoms with E-state index in [1.807, 2.05) is 0 Å². The smallest absolute Gasteiger partial charge is 0.230 e. The molecule has 1 saturated carbocycles. The fourth-order valence-corrected chi connectivity index (χ4v) is 2.35. The predicted molar refractivity (Wildman–Crippen MR) is 69.9 cm³/mol. The summed E-state index contributed by atoms with van der Waals surface area (Å²) in [6.07, 6.45) is 0.493. The van der Waals surface area contributed by atoms with Crippen LogP contribution in [0, 0.1) is 12.8 Å². The van der Waals surface area contributed by atoms with Crippen molar-refractivity contribution in [1.29, 1.82) is 0 Å². The number of carbonyl (C=O) groups excluding carboxylic acids is 1. The lowest BCUT2D eigenvalue weighted by molar-refractivity contribution is -0.117. The van der Waals surface area contributed by atoms with E-state index in [4.69, 9.17) is 27.6 Å². The van der Waals surface area contributed by atoms with E-state index in [-0.39, 0.29) is 11.8 Å². The molecule has 0 unspecified atom stereocenters. The number of alkyl halides is 2. The van der Waals surface area contributed by atoms with Crippen LogP contribution in [0.15, 0.2) is 22.6 Å². The van der Waals surface area contributed by atoms with Gasteiger partial charge in [-0.1, -0.05) is 0 Å². The van der Waals surface area contributed by atoms with E-state index in [0.29, 0.717) is 29.1 Å². The minimum Gasteiger partial charge on any atom is -0.441 e. The standard InChI is InChI=1S/C12H10Cl2N2O2/c1-6-15-9-4-7(2-3-10(9)18-6)16-11(17)8-5-12(8,13)14/h2-4,8H,5H2,1H3,(H,16,17)/t8-/m1/s1. The van der Waals surface area contributed by atoms with Gasteiger partial charge in [0, 0.05) is 12.6 Å². The van der Waals surface area contributed by atoms with Crippen LogP contribution in [-0.4, -0.2) is 15.2 Å². The summed E-state index contributed by atoms with van der Waals surface area (Å²) in [5.74, 6) is 0.0892. The van der Waals surface area contributed by atoms with Crippen LogP contribution in [0.4, 0.5) is 5.69 Å². The number of hydrogen-bond donors (Lipinski definition) is 1. The molecule has 2 aromatic rings. The zero-order valence-corrected chi connectivity index (χ0v) is 11.0. The van der Waals surface area contributed by atoms with Gasteiger partial charge in [0.1, 0.15) is 9.85 Å². The van der Waals surface area contributed by atoms with Gasteiger partial charge in [-0.05, 0) is 24.6 Å². The van der Waals surface area contributed by atoms with Crippen molar-refractivity contribution in [2.45, 2.75) is 17.7 Å². The van der Waals surface area contributed by atoms with E-state index in [0.717, 1.165) is 0 Å². The highest BCUT2D eigenvalue weighted by molar-refractivity contribution is 6.52. The summed E-state index contributed by atoms with van der Waals surface area (Å²) >= 11 is 11.7. The molecule has 6 heteroatoms. The predicted octanol–water partition coefficient (Wildman–Crippen LogP) is 3.27. The number of nitrogens with zero attached hydrogens (tertiary/aromatic N) is 1. The molecule has 4 nitrogen and oxygen atoms in total. The number of carbonyl (C=O) groups is 1. The van der Waals surface area contributed by atoms with Crippen LogP contribution in [-0.2, 0) is 4.79 Å². The lowest BCUT2D eigenvalue weighted by atomic mass is 10.2. The fraction of sp³-hybridized carbons (Fsp3) is 0.333. The normalized spacial score (nSPS) is 20.9. The highest BCUT2D eigenvalue weighted by Crippen LogP contribution is 2.53. The first-order valence-corrected chi connectivity index (χ1v) is 6.27. The first-order chi connectivity index (χ1) is 8.45. The molecule has 0 bridgehead atoms. The average molecular weight is 285 g/mol. The summed E-state index contributed by atoms with van der Waals surface area (Å²) in [5.41, 5.74) is 2.07. The number of hydrogen-bond acceptors (Lipinski definition) is 3. The van der Waals surface area contributed by atoms with Gasteiger partial charge in [-0.2, -0.15) is 0 Å². The maximum atomic E-state index is 11.8. The number of aryl methyl sites for hydroxylation is 1. The SMILES string of the molecule is Cc1nc2cc(NC(=O)[C@H]3CC3(Cl)Cl)ccc2o1. The molecule has 1 aliphatic carbocycles. The third-order valence-corrected chi connectivity index (χ3v) is 3.74. The average Bonchev–Trinajstić information content (AvgIpc) is 2.77. The summed E-state index contributed by atoms with van der Waals surface area (Å²) in [7, 11) is 0. The van der Waals surface area contributed by atoms with E-state index in [1.165, 1.54) is 0 Å². The van der Waals surface area contributed by atoms with Crippen LogP contribution in [0.3, 0.4) is 0 Å². The molecule has 1 heterocycles. The summed E-state index contributed by atoms with van der Waals surface area (Å²) in [6, 6.07) is 5.29. The van der Waals surface area contributed by atoms with Crippen molar-refractivity contribution < 1.29 is 9.21 Å². The van der Waals surface area contributed by atoms with Gasteiger partial charge < -0.3 is 9.73 Å². The molecule has 1 N–H and O–H groups in total. The number of anilines is 1. The quantitative estimate of drug-likeness (QED) is 0.861. The van der Waals surface area contributed by atoms with Crippen LogP contribution in [0.25, 0.3) is 11.1 Å². The second-order valence-corrected chi connectivity index (χ2v) is 5.96. The van der Waals surface area contributed by atoms with Crippen LogP contribution in [0.5, 0.6) is 0 Å². The Balaban J connectivity index is 1.80. The largest absolute Gasteiger partial charge is 0.441 e. The molecule has 1 atom stereocenters. The summed E-state index contributed by atoms with van der Waals surface area (Å²) in [4.78, 5) is 16.0. The molecule has 0 spiro atoms. The van der Waals surface area contributed by atoms with Gasteiger partial charge in [-0.15, -0.1) is 23.2 Å². The van der Waals surface area contributed by atoms with Crippen LogP contribution >= 0.6 is 23.2 Å². The van der Waals surface area contributed by atoms with E-state index < -0.39 is 4.33 Å². The van der Waals surface area contributed by atoms with Gasteiger partial charge in [0.2, 0.25) is 5.91 Å². The van der Waals surface area contributed by atoms with Crippen molar-refractivity contribution in [3.8, 4) is 0 Å². The number of nitrogens with one attached hydrogen (secondary N) is 1. The first kappa shape index (κ1) is 11.8. The summed E-state index contributed by atoms with van der Waals surface area (Å²) < 4.78 is 4.45. The van der Waals surface area contributed by atoms with Gasteiger partial charge in [-0.3, -0.25) is 4.79 Å². The fourth-order valence-electron chi connectivity index (χ4n) is 1.85. The monoisotopic (exact) mass is 284 g/mol. The maximum absolute atomic E-state index is 11.8. The number of rotatable bonds is 2. The van der Waals surface area contributed by atoms with E-state index in [2.05, 4.69) is 10.3 Å². The van der Waals surface area contributed by atoms with Crippen molar-refractivity contribution >= 4 is 45.9 Å². The van der Waals surface area contributed by atoms with E-state index in [1.54, 1.807) is 25.1 Å². The molecule has 3 rings (SSSR count). The Morgan fingerprint density at radius 3 is 2.94 bits per heavy atom. The molecule has 18 heavy (non-hydrogen) atoms. The molecule has 1 amide bonds. The Morgan fingerprint density at radius 2 is 2.28 bits per heavy atom. The first-order valence-electron chi connectivity index (χ1n) is 5.51. The lowest BCUT2D eigenvalue weighted by Gasteiger charge is -2.04. The van der Waals surface area contributed by atoms with Crippen LogP contribution < -0.4 is 5.32 Å². The summed E-state index contributed by atoms with van der Waals surface area (Å²) in [5, 5.41) is 2.77. The Bertz CT molecular complexity index is 636. The molecule has 94 valence electrons. The highest BCUT2D eigenvalue weighted by Gasteiger charge is 2.56.